The second kappa shape index (κ2) is 10.6. The van der Waals surface area contributed by atoms with Crippen molar-refractivity contribution in [1.29, 1.82) is 0 Å². The first kappa shape index (κ1) is 22.3. The number of imidazole rings is 1. The maximum atomic E-state index is 13.5. The molecule has 1 fully saturated rings. The quantitative estimate of drug-likeness (QED) is 0.440. The molecule has 3 aromatic rings. The van der Waals surface area contributed by atoms with Crippen LogP contribution in [0.1, 0.15) is 62.0 Å². The number of aromatic nitrogens is 2. The number of furan rings is 1. The lowest BCUT2D eigenvalue weighted by molar-refractivity contribution is 0.0917. The minimum absolute atomic E-state index is 0.250. The molecule has 1 aliphatic carbocycles. The van der Waals surface area contributed by atoms with Crippen LogP contribution in [-0.4, -0.2) is 35.2 Å². The van der Waals surface area contributed by atoms with Gasteiger partial charge in [-0.25, -0.2) is 9.37 Å². The van der Waals surface area contributed by atoms with Crippen molar-refractivity contribution >= 4 is 5.91 Å². The number of nitrogens with one attached hydrogen (secondary N) is 1. The number of amides is 1. The van der Waals surface area contributed by atoms with Gasteiger partial charge in [0.1, 0.15) is 11.5 Å². The maximum Gasteiger partial charge on any atom is 0.287 e. The van der Waals surface area contributed by atoms with Crippen LogP contribution in [0.4, 0.5) is 4.39 Å². The monoisotopic (exact) mass is 439 g/mol. The van der Waals surface area contributed by atoms with Crippen molar-refractivity contribution in [2.45, 2.75) is 51.5 Å². The summed E-state index contributed by atoms with van der Waals surface area (Å²) in [6.45, 7) is 3.75. The van der Waals surface area contributed by atoms with Crippen molar-refractivity contribution < 1.29 is 18.3 Å². The van der Waals surface area contributed by atoms with Gasteiger partial charge in [0.05, 0.1) is 12.0 Å². The predicted octanol–water partition coefficient (Wildman–Crippen LogP) is 5.61. The Balaban J connectivity index is 1.60. The third kappa shape index (κ3) is 5.10. The molecule has 1 aromatic carbocycles. The standard InChI is InChI=1S/C25H30FN3O3/c1-2-31-16-6-15-27-25(30)22-14-13-21(32-22)24-23(18-9-11-19(26)12-10-18)28-17-29(24)20-7-4-3-5-8-20/h9-14,17,20H,2-8,15-16H2,1H3,(H,27,30). The highest BCUT2D eigenvalue weighted by Crippen LogP contribution is 2.38. The Morgan fingerprint density at radius 2 is 1.97 bits per heavy atom. The molecule has 0 spiro atoms. The highest BCUT2D eigenvalue weighted by molar-refractivity contribution is 5.92. The molecule has 6 nitrogen and oxygen atoms in total. The Hall–Kier alpha value is -2.93. The first-order valence-corrected chi connectivity index (χ1v) is 11.5. The molecule has 1 aliphatic rings. The smallest absolute Gasteiger partial charge is 0.287 e. The van der Waals surface area contributed by atoms with Crippen molar-refractivity contribution in [2.75, 3.05) is 19.8 Å². The maximum absolute atomic E-state index is 13.5. The molecule has 0 unspecified atom stereocenters. The van der Waals surface area contributed by atoms with Gasteiger partial charge >= 0.3 is 0 Å². The van der Waals surface area contributed by atoms with Gasteiger partial charge in [-0.2, -0.15) is 0 Å². The summed E-state index contributed by atoms with van der Waals surface area (Å²) in [5.74, 6) is 0.313. The lowest BCUT2D eigenvalue weighted by Gasteiger charge is -2.24. The summed E-state index contributed by atoms with van der Waals surface area (Å²) in [5, 5.41) is 2.87. The molecular weight excluding hydrogens is 409 g/mol. The summed E-state index contributed by atoms with van der Waals surface area (Å²) in [7, 11) is 0. The number of halogens is 1. The van der Waals surface area contributed by atoms with Gasteiger partial charge in [0.25, 0.3) is 5.91 Å². The number of rotatable bonds is 9. The van der Waals surface area contributed by atoms with Gasteiger partial charge in [-0.3, -0.25) is 4.79 Å². The normalized spacial score (nSPS) is 14.6. The highest BCUT2D eigenvalue weighted by Gasteiger charge is 2.25. The molecule has 0 bridgehead atoms. The van der Waals surface area contributed by atoms with Crippen LogP contribution in [0.2, 0.25) is 0 Å². The average molecular weight is 440 g/mol. The Kier molecular flexibility index (Phi) is 7.37. The Morgan fingerprint density at radius 3 is 2.72 bits per heavy atom. The predicted molar refractivity (Wildman–Crippen MR) is 121 cm³/mol. The van der Waals surface area contributed by atoms with E-state index in [1.165, 1.54) is 31.4 Å². The van der Waals surface area contributed by atoms with Gasteiger partial charge < -0.3 is 19.0 Å². The zero-order valence-corrected chi connectivity index (χ0v) is 18.5. The van der Waals surface area contributed by atoms with Crippen molar-refractivity contribution in [2.24, 2.45) is 0 Å². The minimum Gasteiger partial charge on any atom is -0.449 e. The van der Waals surface area contributed by atoms with Gasteiger partial charge in [-0.05, 0) is 62.6 Å². The van der Waals surface area contributed by atoms with E-state index in [-0.39, 0.29) is 17.5 Å². The summed E-state index contributed by atoms with van der Waals surface area (Å²) in [5.41, 5.74) is 2.38. The topological polar surface area (TPSA) is 69.3 Å². The van der Waals surface area contributed by atoms with E-state index in [4.69, 9.17) is 9.15 Å². The lowest BCUT2D eigenvalue weighted by Crippen LogP contribution is -2.24. The highest BCUT2D eigenvalue weighted by atomic mass is 19.1. The van der Waals surface area contributed by atoms with Crippen LogP contribution in [0.5, 0.6) is 0 Å². The van der Waals surface area contributed by atoms with Crippen LogP contribution < -0.4 is 5.32 Å². The fourth-order valence-corrected chi connectivity index (χ4v) is 4.25. The molecule has 7 heteroatoms. The number of carbonyl (C=O) groups is 1. The summed E-state index contributed by atoms with van der Waals surface area (Å²) < 4.78 is 27.0. The molecule has 0 atom stereocenters. The Morgan fingerprint density at radius 1 is 1.19 bits per heavy atom. The lowest BCUT2D eigenvalue weighted by atomic mass is 9.95. The van der Waals surface area contributed by atoms with Crippen molar-refractivity contribution in [3.63, 3.8) is 0 Å². The Labute approximate surface area is 187 Å². The first-order valence-electron chi connectivity index (χ1n) is 11.5. The summed E-state index contributed by atoms with van der Waals surface area (Å²) >= 11 is 0. The Bertz CT molecular complexity index is 1020. The molecule has 1 amide bonds. The largest absolute Gasteiger partial charge is 0.449 e. The van der Waals surface area contributed by atoms with Crippen molar-refractivity contribution in [3.05, 3.63) is 54.3 Å². The van der Waals surface area contributed by atoms with E-state index >= 15 is 0 Å². The van der Waals surface area contributed by atoms with Crippen LogP contribution >= 0.6 is 0 Å². The number of carbonyl (C=O) groups excluding carboxylic acids is 1. The zero-order valence-electron chi connectivity index (χ0n) is 18.5. The van der Waals surface area contributed by atoms with E-state index in [1.54, 1.807) is 18.2 Å². The average Bonchev–Trinajstić information content (AvgIpc) is 3.47. The van der Waals surface area contributed by atoms with Crippen LogP contribution in [0, 0.1) is 5.82 Å². The molecule has 32 heavy (non-hydrogen) atoms. The summed E-state index contributed by atoms with van der Waals surface area (Å²) in [4.78, 5) is 17.2. The molecule has 1 N–H and O–H groups in total. The van der Waals surface area contributed by atoms with E-state index in [9.17, 15) is 9.18 Å². The molecule has 170 valence electrons. The minimum atomic E-state index is -0.289. The molecule has 2 aromatic heterocycles. The van der Waals surface area contributed by atoms with Gasteiger partial charge in [0.2, 0.25) is 0 Å². The SMILES string of the molecule is CCOCCCNC(=O)c1ccc(-c2c(-c3ccc(F)cc3)ncn2C2CCCCC2)o1. The molecular formula is C25H30FN3O3. The molecule has 4 rings (SSSR count). The van der Waals surface area contributed by atoms with E-state index in [0.29, 0.717) is 31.6 Å². The van der Waals surface area contributed by atoms with Gasteiger partial charge in [-0.1, -0.05) is 19.3 Å². The third-order valence-corrected chi connectivity index (χ3v) is 5.90. The number of benzene rings is 1. The third-order valence-electron chi connectivity index (χ3n) is 5.90. The summed E-state index contributed by atoms with van der Waals surface area (Å²) in [6, 6.07) is 10.2. The van der Waals surface area contributed by atoms with Gasteiger partial charge in [0.15, 0.2) is 11.5 Å². The summed E-state index contributed by atoms with van der Waals surface area (Å²) in [6.07, 6.45) is 8.37. The van der Waals surface area contributed by atoms with Crippen LogP contribution in [0.25, 0.3) is 22.7 Å². The van der Waals surface area contributed by atoms with Crippen molar-refractivity contribution in [3.8, 4) is 22.7 Å². The molecule has 0 aliphatic heterocycles. The fraction of sp³-hybridized carbons (Fsp3) is 0.440. The van der Waals surface area contributed by atoms with E-state index in [0.717, 1.165) is 36.2 Å². The number of nitrogens with zero attached hydrogens (tertiary/aromatic N) is 2. The van der Waals surface area contributed by atoms with Gasteiger partial charge in [0, 0.05) is 31.4 Å². The number of ether oxygens (including phenoxy) is 1. The first-order chi connectivity index (χ1) is 15.7. The van der Waals surface area contributed by atoms with Crippen LogP contribution in [-0.2, 0) is 4.74 Å². The van der Waals surface area contributed by atoms with E-state index < -0.39 is 0 Å². The van der Waals surface area contributed by atoms with Gasteiger partial charge in [-0.15, -0.1) is 0 Å². The molecule has 2 heterocycles. The number of hydrogen-bond acceptors (Lipinski definition) is 4. The van der Waals surface area contributed by atoms with E-state index in [1.807, 2.05) is 19.3 Å². The van der Waals surface area contributed by atoms with E-state index in [2.05, 4.69) is 14.9 Å². The molecule has 0 radical (unpaired) electrons. The van der Waals surface area contributed by atoms with Crippen LogP contribution in [0.3, 0.4) is 0 Å². The molecule has 0 saturated heterocycles. The molecule has 1 saturated carbocycles. The fourth-order valence-electron chi connectivity index (χ4n) is 4.25. The zero-order chi connectivity index (χ0) is 22.3. The second-order valence-corrected chi connectivity index (χ2v) is 8.12. The van der Waals surface area contributed by atoms with Crippen LogP contribution in [0.15, 0.2) is 47.1 Å². The van der Waals surface area contributed by atoms with Crippen molar-refractivity contribution in [1.82, 2.24) is 14.9 Å². The number of hydrogen-bond donors (Lipinski definition) is 1. The second-order valence-electron chi connectivity index (χ2n) is 8.12.